The van der Waals surface area contributed by atoms with Gasteiger partial charge in [0, 0.05) is 0 Å². The summed E-state index contributed by atoms with van der Waals surface area (Å²) in [5.41, 5.74) is 1.43. The Morgan fingerprint density at radius 1 is 0.833 bits per heavy atom. The average Bonchev–Trinajstić information content (AvgIpc) is 2.65. The monoisotopic (exact) mass is 318 g/mol. The van der Waals surface area contributed by atoms with Gasteiger partial charge in [-0.25, -0.2) is 0 Å². The zero-order chi connectivity index (χ0) is 16.9. The van der Waals surface area contributed by atoms with Crippen molar-refractivity contribution in [1.82, 2.24) is 0 Å². The fourth-order valence-corrected chi connectivity index (χ4v) is 2.74. The minimum Gasteiger partial charge on any atom is -0.496 e. The Balaban J connectivity index is 1.99. The molecule has 0 aliphatic heterocycles. The zero-order valence-corrected chi connectivity index (χ0v) is 13.7. The minimum absolute atomic E-state index is 0.155. The molecule has 0 radical (unpaired) electrons. The molecule has 3 aromatic carbocycles. The Morgan fingerprint density at radius 3 is 2.17 bits per heavy atom. The summed E-state index contributed by atoms with van der Waals surface area (Å²) >= 11 is 0. The zero-order valence-electron chi connectivity index (χ0n) is 13.7. The van der Waals surface area contributed by atoms with Gasteiger partial charge in [-0.1, -0.05) is 54.6 Å². The predicted octanol–water partition coefficient (Wildman–Crippen LogP) is 4.75. The predicted molar refractivity (Wildman–Crippen MR) is 96.9 cm³/mol. The second-order valence-corrected chi connectivity index (χ2v) is 5.30. The number of methoxy groups -OCH3 is 2. The van der Waals surface area contributed by atoms with Crippen molar-refractivity contribution in [3.8, 4) is 11.5 Å². The van der Waals surface area contributed by atoms with Gasteiger partial charge in [0.2, 0.25) is 0 Å². The third kappa shape index (κ3) is 3.01. The lowest BCUT2D eigenvalue weighted by Crippen LogP contribution is -2.02. The molecule has 0 aliphatic rings. The molecule has 0 fully saturated rings. The number of allylic oxidation sites excluding steroid dienone is 1. The molecule has 0 aromatic heterocycles. The molecule has 0 spiro atoms. The van der Waals surface area contributed by atoms with Crippen LogP contribution in [0.15, 0.2) is 66.7 Å². The molecule has 0 heterocycles. The summed E-state index contributed by atoms with van der Waals surface area (Å²) in [6.07, 6.45) is 3.39. The minimum atomic E-state index is -0.155. The van der Waals surface area contributed by atoms with Crippen LogP contribution >= 0.6 is 0 Å². The number of fused-ring (bicyclic) bond motifs is 1. The summed E-state index contributed by atoms with van der Waals surface area (Å²) in [7, 11) is 3.08. The van der Waals surface area contributed by atoms with E-state index in [1.165, 1.54) is 0 Å². The summed E-state index contributed by atoms with van der Waals surface area (Å²) < 4.78 is 10.6. The van der Waals surface area contributed by atoms with E-state index in [-0.39, 0.29) is 5.78 Å². The molecule has 3 aromatic rings. The van der Waals surface area contributed by atoms with E-state index in [1.54, 1.807) is 38.5 Å². The lowest BCUT2D eigenvalue weighted by atomic mass is 10.0. The SMILES string of the molecule is COc1cccc(OC)c1C(=O)C=Cc1cccc2ccccc12. The summed E-state index contributed by atoms with van der Waals surface area (Å²) in [5, 5.41) is 2.25. The second kappa shape index (κ2) is 7.01. The summed E-state index contributed by atoms with van der Waals surface area (Å²) in [6.45, 7) is 0. The molecule has 24 heavy (non-hydrogen) atoms. The van der Waals surface area contributed by atoms with Gasteiger partial charge < -0.3 is 9.47 Å². The van der Waals surface area contributed by atoms with Crippen LogP contribution in [0.2, 0.25) is 0 Å². The van der Waals surface area contributed by atoms with Crippen LogP contribution < -0.4 is 9.47 Å². The number of hydrogen-bond acceptors (Lipinski definition) is 3. The number of hydrogen-bond donors (Lipinski definition) is 0. The highest BCUT2D eigenvalue weighted by Gasteiger charge is 2.15. The van der Waals surface area contributed by atoms with E-state index in [4.69, 9.17) is 9.47 Å². The van der Waals surface area contributed by atoms with E-state index < -0.39 is 0 Å². The Labute approximate surface area is 141 Å². The third-order valence-electron chi connectivity index (χ3n) is 3.91. The number of ketones is 1. The van der Waals surface area contributed by atoms with E-state index in [0.717, 1.165) is 16.3 Å². The van der Waals surface area contributed by atoms with Gasteiger partial charge in [-0.2, -0.15) is 0 Å². The van der Waals surface area contributed by atoms with Gasteiger partial charge in [0.25, 0.3) is 0 Å². The Morgan fingerprint density at radius 2 is 1.46 bits per heavy atom. The summed E-state index contributed by atoms with van der Waals surface area (Å²) in [6, 6.07) is 19.4. The van der Waals surface area contributed by atoms with E-state index >= 15 is 0 Å². The number of rotatable bonds is 5. The maximum atomic E-state index is 12.7. The van der Waals surface area contributed by atoms with Crippen molar-refractivity contribution in [2.75, 3.05) is 14.2 Å². The van der Waals surface area contributed by atoms with Crippen LogP contribution in [0.25, 0.3) is 16.8 Å². The molecule has 120 valence electrons. The van der Waals surface area contributed by atoms with Gasteiger partial charge in [0.15, 0.2) is 5.78 Å². The molecule has 0 amide bonds. The van der Waals surface area contributed by atoms with Gasteiger partial charge in [0.05, 0.1) is 14.2 Å². The molecule has 0 aliphatic carbocycles. The van der Waals surface area contributed by atoms with Crippen LogP contribution in [-0.2, 0) is 0 Å². The van der Waals surface area contributed by atoms with Crippen molar-refractivity contribution in [1.29, 1.82) is 0 Å². The molecule has 0 bridgehead atoms. The summed E-state index contributed by atoms with van der Waals surface area (Å²) in [5.74, 6) is 0.848. The second-order valence-electron chi connectivity index (χ2n) is 5.30. The van der Waals surface area contributed by atoms with E-state index in [2.05, 4.69) is 12.1 Å². The van der Waals surface area contributed by atoms with Crippen LogP contribution in [0.5, 0.6) is 11.5 Å². The molecule has 0 unspecified atom stereocenters. The van der Waals surface area contributed by atoms with Crippen LogP contribution in [0.1, 0.15) is 15.9 Å². The van der Waals surface area contributed by atoms with Crippen LogP contribution in [0.3, 0.4) is 0 Å². The van der Waals surface area contributed by atoms with E-state index in [0.29, 0.717) is 17.1 Å². The highest BCUT2D eigenvalue weighted by molar-refractivity contribution is 6.11. The fraction of sp³-hybridized carbons (Fsp3) is 0.0952. The Bertz CT molecular complexity index is 882. The molecule has 3 nitrogen and oxygen atoms in total. The molecule has 0 N–H and O–H groups in total. The number of benzene rings is 3. The van der Waals surface area contributed by atoms with E-state index in [9.17, 15) is 4.79 Å². The highest BCUT2D eigenvalue weighted by Crippen LogP contribution is 2.29. The van der Waals surface area contributed by atoms with Crippen LogP contribution in [0, 0.1) is 0 Å². The first-order chi connectivity index (χ1) is 11.7. The van der Waals surface area contributed by atoms with Crippen molar-refractivity contribution in [3.05, 3.63) is 77.9 Å². The standard InChI is InChI=1S/C21H18O3/c1-23-19-11-6-12-20(24-2)21(19)18(22)14-13-16-9-5-8-15-7-3-4-10-17(15)16/h3-14H,1-2H3. The first-order valence-corrected chi connectivity index (χ1v) is 7.65. The van der Waals surface area contributed by atoms with Crippen molar-refractivity contribution in [2.24, 2.45) is 0 Å². The molecule has 3 rings (SSSR count). The van der Waals surface area contributed by atoms with Gasteiger partial charge in [-0.3, -0.25) is 4.79 Å². The first kappa shape index (κ1) is 15.8. The fourth-order valence-electron chi connectivity index (χ4n) is 2.74. The van der Waals surface area contributed by atoms with Gasteiger partial charge in [-0.05, 0) is 34.5 Å². The molecular weight excluding hydrogens is 300 g/mol. The first-order valence-electron chi connectivity index (χ1n) is 7.65. The number of ether oxygens (including phenoxy) is 2. The smallest absolute Gasteiger partial charge is 0.193 e. The topological polar surface area (TPSA) is 35.5 Å². The number of carbonyl (C=O) groups is 1. The highest BCUT2D eigenvalue weighted by atomic mass is 16.5. The van der Waals surface area contributed by atoms with Crippen molar-refractivity contribution < 1.29 is 14.3 Å². The largest absolute Gasteiger partial charge is 0.496 e. The van der Waals surface area contributed by atoms with Crippen LogP contribution in [-0.4, -0.2) is 20.0 Å². The van der Waals surface area contributed by atoms with Crippen molar-refractivity contribution in [2.45, 2.75) is 0 Å². The van der Waals surface area contributed by atoms with Crippen molar-refractivity contribution >= 4 is 22.6 Å². The average molecular weight is 318 g/mol. The molecule has 0 saturated carbocycles. The number of carbonyl (C=O) groups excluding carboxylic acids is 1. The molecular formula is C21H18O3. The van der Waals surface area contributed by atoms with Gasteiger partial charge >= 0.3 is 0 Å². The van der Waals surface area contributed by atoms with Gasteiger partial charge in [-0.15, -0.1) is 0 Å². The maximum absolute atomic E-state index is 12.7. The molecule has 3 heteroatoms. The molecule has 0 saturated heterocycles. The maximum Gasteiger partial charge on any atom is 0.193 e. The van der Waals surface area contributed by atoms with Gasteiger partial charge in [0.1, 0.15) is 17.1 Å². The molecule has 0 atom stereocenters. The lowest BCUT2D eigenvalue weighted by Gasteiger charge is -2.10. The van der Waals surface area contributed by atoms with Crippen LogP contribution in [0.4, 0.5) is 0 Å². The Hall–Kier alpha value is -3.07. The lowest BCUT2D eigenvalue weighted by molar-refractivity contribution is 0.104. The summed E-state index contributed by atoms with van der Waals surface area (Å²) in [4.78, 5) is 12.7. The van der Waals surface area contributed by atoms with Crippen molar-refractivity contribution in [3.63, 3.8) is 0 Å². The third-order valence-corrected chi connectivity index (χ3v) is 3.91. The quantitative estimate of drug-likeness (QED) is 0.503. The Kier molecular flexibility index (Phi) is 4.62. The van der Waals surface area contributed by atoms with E-state index in [1.807, 2.05) is 36.4 Å². The normalized spacial score (nSPS) is 10.9.